The number of allylic oxidation sites excluding steroid dienone is 4. The molecular formula is C24H27CrO5P. The molecule has 1 aromatic rings. The molecule has 0 aliphatic heterocycles. The molecule has 0 saturated carbocycles. The van der Waals surface area contributed by atoms with Gasteiger partial charge in [0, 0.05) is 36.1 Å². The predicted molar refractivity (Wildman–Crippen MR) is 122 cm³/mol. The molecule has 31 heavy (non-hydrogen) atoms. The quantitative estimate of drug-likeness (QED) is 0.257. The van der Waals surface area contributed by atoms with E-state index < -0.39 is 6.89 Å². The van der Waals surface area contributed by atoms with Gasteiger partial charge < -0.3 is 4.74 Å². The van der Waals surface area contributed by atoms with Gasteiger partial charge >= 0.3 is 0 Å². The van der Waals surface area contributed by atoms with Crippen LogP contribution in [0.25, 0.3) is 0 Å². The minimum atomic E-state index is -2.60. The van der Waals surface area contributed by atoms with Gasteiger partial charge in [0.15, 0.2) is 0 Å². The van der Waals surface area contributed by atoms with Crippen molar-refractivity contribution in [3.05, 3.63) is 58.4 Å². The molecule has 1 rings (SSSR count). The molecular weight excluding hydrogens is 451 g/mol. The smallest absolute Gasteiger partial charge is 0.135 e. The SMILES string of the molecule is CCCCP(CCCC)(C(=C=O)C(=C=O)C(=C=O)C=C=O)=C(OC)c1ccccc1.[Cr]. The Morgan fingerprint density at radius 1 is 0.935 bits per heavy atom. The first-order chi connectivity index (χ1) is 14.6. The third kappa shape index (κ3) is 7.18. The van der Waals surface area contributed by atoms with Crippen molar-refractivity contribution in [2.45, 2.75) is 39.5 Å². The molecule has 0 bridgehead atoms. The van der Waals surface area contributed by atoms with Crippen LogP contribution in [0.15, 0.2) is 52.9 Å². The average molecular weight is 478 g/mol. The Labute approximate surface area is 194 Å². The Kier molecular flexibility index (Phi) is 14.5. The summed E-state index contributed by atoms with van der Waals surface area (Å²) in [6.45, 7) is 1.48. The molecule has 0 amide bonds. The van der Waals surface area contributed by atoms with Gasteiger partial charge in [0.05, 0.1) is 21.9 Å². The Hall–Kier alpha value is -2.19. The van der Waals surface area contributed by atoms with Gasteiger partial charge in [0.2, 0.25) is 0 Å². The molecule has 0 N–H and O–H groups in total. The van der Waals surface area contributed by atoms with Crippen molar-refractivity contribution in [1.29, 1.82) is 0 Å². The zero-order valence-electron chi connectivity index (χ0n) is 18.1. The predicted octanol–water partition coefficient (Wildman–Crippen LogP) is 4.05. The van der Waals surface area contributed by atoms with E-state index in [0.717, 1.165) is 37.3 Å². The average Bonchev–Trinajstić information content (AvgIpc) is 2.79. The summed E-state index contributed by atoms with van der Waals surface area (Å²) in [5, 5.41) is 0.0601. The molecule has 0 atom stereocenters. The van der Waals surface area contributed by atoms with Crippen LogP contribution < -0.4 is 0 Å². The van der Waals surface area contributed by atoms with Crippen molar-refractivity contribution in [3.8, 4) is 0 Å². The van der Waals surface area contributed by atoms with Crippen molar-refractivity contribution >= 4 is 36.1 Å². The van der Waals surface area contributed by atoms with Crippen LogP contribution in [0.4, 0.5) is 0 Å². The fourth-order valence-electron chi connectivity index (χ4n) is 3.41. The van der Waals surface area contributed by atoms with Gasteiger partial charge in [-0.1, -0.05) is 57.0 Å². The fraction of sp³-hybridized carbons (Fsp3) is 0.375. The summed E-state index contributed by atoms with van der Waals surface area (Å²) in [6.07, 6.45) is 5.33. The van der Waals surface area contributed by atoms with Crippen LogP contribution in [0.3, 0.4) is 0 Å². The van der Waals surface area contributed by atoms with E-state index in [4.69, 9.17) is 4.74 Å². The normalized spacial score (nSPS) is 9.77. The number of benzene rings is 1. The van der Waals surface area contributed by atoms with Gasteiger partial charge in [-0.2, -0.15) is 0 Å². The molecule has 5 nitrogen and oxygen atoms in total. The molecule has 0 heterocycles. The standard InChI is InChI=1S/C24H27O5P.Cr/c1-4-6-15-30(16-7-5-2,24(29-3)20-11-9-8-10-12-20)23(19-28)22(18-27)21(17-26)13-14-25;/h8-13H,4-7,15-16H2,1-3H3;. The molecule has 0 aromatic heterocycles. The van der Waals surface area contributed by atoms with Crippen LogP contribution in [-0.4, -0.2) is 48.7 Å². The molecule has 164 valence electrons. The zero-order valence-corrected chi connectivity index (χ0v) is 20.3. The van der Waals surface area contributed by atoms with E-state index in [9.17, 15) is 19.2 Å². The number of hydrogen-bond donors (Lipinski definition) is 0. The topological polar surface area (TPSA) is 77.5 Å². The van der Waals surface area contributed by atoms with E-state index in [1.807, 2.05) is 50.1 Å². The largest absolute Gasteiger partial charge is 0.348 e. The Balaban J connectivity index is 0.00000900. The minimum absolute atomic E-state index is 0. The van der Waals surface area contributed by atoms with E-state index in [1.54, 1.807) is 19.0 Å². The second-order valence-corrected chi connectivity index (χ2v) is 10.4. The Morgan fingerprint density at radius 3 is 1.90 bits per heavy atom. The first-order valence-corrected chi connectivity index (χ1v) is 12.1. The number of carbonyl (C=O) groups excluding carboxylic acids is 4. The van der Waals surface area contributed by atoms with E-state index in [0.29, 0.717) is 17.8 Å². The molecule has 0 radical (unpaired) electrons. The maximum absolute atomic E-state index is 12.3. The molecule has 7 heteroatoms. The summed E-state index contributed by atoms with van der Waals surface area (Å²) in [4.78, 5) is 46.5. The first kappa shape index (κ1) is 28.8. The molecule has 0 fully saturated rings. The number of rotatable bonds is 12. The van der Waals surface area contributed by atoms with Crippen LogP contribution in [0.2, 0.25) is 0 Å². The summed E-state index contributed by atoms with van der Waals surface area (Å²) >= 11 is 0. The maximum atomic E-state index is 12.3. The van der Waals surface area contributed by atoms with Crippen LogP contribution in [-0.2, 0) is 41.3 Å². The number of ether oxygens (including phenoxy) is 1. The summed E-state index contributed by atoms with van der Waals surface area (Å²) in [7, 11) is 1.55. The molecule has 0 unspecified atom stereocenters. The van der Waals surface area contributed by atoms with E-state index in [1.165, 1.54) is 5.94 Å². The molecule has 0 aliphatic rings. The van der Waals surface area contributed by atoms with Gasteiger partial charge in [0.25, 0.3) is 0 Å². The van der Waals surface area contributed by atoms with E-state index in [2.05, 4.69) is 0 Å². The second kappa shape index (κ2) is 15.6. The Bertz CT molecular complexity index is 974. The van der Waals surface area contributed by atoms with Crippen molar-refractivity contribution in [3.63, 3.8) is 0 Å². The van der Waals surface area contributed by atoms with Crippen LogP contribution >= 0.6 is 6.89 Å². The third-order valence-corrected chi connectivity index (χ3v) is 9.38. The van der Waals surface area contributed by atoms with Crippen molar-refractivity contribution in [1.82, 2.24) is 0 Å². The monoisotopic (exact) mass is 478 g/mol. The number of unbranched alkanes of at least 4 members (excludes halogenated alkanes) is 2. The van der Waals surface area contributed by atoms with Gasteiger partial charge in [0.1, 0.15) is 23.8 Å². The number of hydrogen-bond acceptors (Lipinski definition) is 5. The van der Waals surface area contributed by atoms with Crippen LogP contribution in [0.5, 0.6) is 0 Å². The van der Waals surface area contributed by atoms with Gasteiger partial charge in [-0.15, -0.1) is 0 Å². The van der Waals surface area contributed by atoms with Crippen molar-refractivity contribution < 1.29 is 41.3 Å². The molecule has 1 aromatic carbocycles. The zero-order chi connectivity index (χ0) is 22.4. The van der Waals surface area contributed by atoms with Crippen LogP contribution in [0, 0.1) is 0 Å². The summed E-state index contributed by atoms with van der Waals surface area (Å²) in [5.74, 6) is 6.68. The second-order valence-electron chi connectivity index (χ2n) is 6.70. The van der Waals surface area contributed by atoms with Gasteiger partial charge in [-0.05, 0) is 32.1 Å². The Morgan fingerprint density at radius 2 is 1.52 bits per heavy atom. The van der Waals surface area contributed by atoms with Gasteiger partial charge in [-0.25, -0.2) is 19.2 Å². The molecule has 0 saturated heterocycles. The summed E-state index contributed by atoms with van der Waals surface area (Å²) < 4.78 is 5.87. The van der Waals surface area contributed by atoms with Crippen molar-refractivity contribution in [2.24, 2.45) is 0 Å². The minimum Gasteiger partial charge on any atom is -0.348 e. The summed E-state index contributed by atoms with van der Waals surface area (Å²) in [6, 6.07) is 9.40. The van der Waals surface area contributed by atoms with E-state index >= 15 is 0 Å². The van der Waals surface area contributed by atoms with Gasteiger partial charge in [-0.3, -0.25) is 0 Å². The first-order valence-electron chi connectivity index (χ1n) is 9.91. The van der Waals surface area contributed by atoms with Crippen LogP contribution in [0.1, 0.15) is 45.1 Å². The van der Waals surface area contributed by atoms with E-state index in [-0.39, 0.29) is 33.8 Å². The number of methoxy groups -OCH3 is 1. The maximum Gasteiger partial charge on any atom is 0.135 e. The van der Waals surface area contributed by atoms with Crippen molar-refractivity contribution in [2.75, 3.05) is 19.4 Å². The third-order valence-electron chi connectivity index (χ3n) is 4.84. The summed E-state index contributed by atoms with van der Waals surface area (Å²) in [5.41, 5.74) is 0.797. The fourth-order valence-corrected chi connectivity index (χ4v) is 8.17. The molecule has 0 spiro atoms. The molecule has 0 aliphatic carbocycles.